The minimum atomic E-state index is -0.0932. The largest absolute Gasteiger partial charge is 0.289 e. The van der Waals surface area contributed by atoms with Gasteiger partial charge in [-0.1, -0.05) is 11.6 Å². The lowest BCUT2D eigenvalue weighted by molar-refractivity contribution is 0.104. The summed E-state index contributed by atoms with van der Waals surface area (Å²) in [6.45, 7) is 7.26. The van der Waals surface area contributed by atoms with Gasteiger partial charge in [0.15, 0.2) is 5.78 Å². The number of nitrogens with zero attached hydrogens (tertiary/aromatic N) is 4. The van der Waals surface area contributed by atoms with Crippen LogP contribution < -0.4 is 0 Å². The number of aromatic nitrogens is 4. The first-order chi connectivity index (χ1) is 9.55. The van der Waals surface area contributed by atoms with E-state index in [9.17, 15) is 4.79 Å². The van der Waals surface area contributed by atoms with Crippen molar-refractivity contribution in [3.63, 3.8) is 0 Å². The van der Waals surface area contributed by atoms with Crippen molar-refractivity contribution < 1.29 is 4.79 Å². The van der Waals surface area contributed by atoms with Crippen LogP contribution in [0.25, 0.3) is 6.08 Å². The minimum absolute atomic E-state index is 0.0932. The first-order valence-corrected chi connectivity index (χ1v) is 6.92. The monoisotopic (exact) mass is 292 g/mol. The Bertz CT molecular complexity index is 654. The number of carbonyl (C=O) groups excluding carboxylic acids is 1. The molecule has 0 amide bonds. The smallest absolute Gasteiger partial charge is 0.189 e. The van der Waals surface area contributed by atoms with E-state index in [4.69, 9.17) is 11.6 Å². The molecule has 0 atom stereocenters. The zero-order chi connectivity index (χ0) is 14.7. The van der Waals surface area contributed by atoms with Crippen LogP contribution in [0.3, 0.4) is 0 Å². The molecule has 2 heterocycles. The Morgan fingerprint density at radius 2 is 1.90 bits per heavy atom. The van der Waals surface area contributed by atoms with E-state index in [-0.39, 0.29) is 5.78 Å². The van der Waals surface area contributed by atoms with E-state index in [2.05, 4.69) is 10.2 Å². The normalized spacial score (nSPS) is 11.4. The zero-order valence-electron chi connectivity index (χ0n) is 11.8. The summed E-state index contributed by atoms with van der Waals surface area (Å²) in [4.78, 5) is 12.1. The molecular weight excluding hydrogens is 276 g/mol. The molecule has 2 aromatic rings. The number of ketones is 1. The number of rotatable bonds is 5. The zero-order valence-corrected chi connectivity index (χ0v) is 12.6. The Kier molecular flexibility index (Phi) is 4.39. The molecule has 0 radical (unpaired) electrons. The molecule has 0 aromatic carbocycles. The highest BCUT2D eigenvalue weighted by Crippen LogP contribution is 2.16. The van der Waals surface area contributed by atoms with Crippen LogP contribution in [0.4, 0.5) is 0 Å². The van der Waals surface area contributed by atoms with Crippen LogP contribution >= 0.6 is 11.6 Å². The Labute approximate surface area is 122 Å². The molecule has 0 saturated heterocycles. The van der Waals surface area contributed by atoms with Gasteiger partial charge in [0.1, 0.15) is 5.69 Å². The van der Waals surface area contributed by atoms with E-state index < -0.39 is 0 Å². The van der Waals surface area contributed by atoms with Crippen molar-refractivity contribution in [1.82, 2.24) is 19.6 Å². The third-order valence-corrected chi connectivity index (χ3v) is 3.29. The lowest BCUT2D eigenvalue weighted by Gasteiger charge is -1.92. The van der Waals surface area contributed by atoms with Crippen molar-refractivity contribution in [2.45, 2.75) is 33.9 Å². The molecule has 2 aromatic heterocycles. The predicted molar refractivity (Wildman–Crippen MR) is 78.9 cm³/mol. The van der Waals surface area contributed by atoms with Gasteiger partial charge < -0.3 is 0 Å². The number of allylic oxidation sites excluding steroid dienone is 1. The summed E-state index contributed by atoms with van der Waals surface area (Å²) in [7, 11) is 0. The average molecular weight is 293 g/mol. The summed E-state index contributed by atoms with van der Waals surface area (Å²) in [6, 6.07) is 0. The van der Waals surface area contributed by atoms with Gasteiger partial charge in [0.25, 0.3) is 0 Å². The summed E-state index contributed by atoms with van der Waals surface area (Å²) in [6.07, 6.45) is 6.62. The summed E-state index contributed by atoms with van der Waals surface area (Å²) >= 11 is 6.05. The Balaban J connectivity index is 2.19. The molecule has 0 fully saturated rings. The average Bonchev–Trinajstić information content (AvgIpc) is 2.99. The van der Waals surface area contributed by atoms with Crippen LogP contribution in [-0.2, 0) is 13.1 Å². The van der Waals surface area contributed by atoms with Crippen molar-refractivity contribution in [3.8, 4) is 0 Å². The second-order valence-electron chi connectivity index (χ2n) is 4.40. The number of halogens is 1. The van der Waals surface area contributed by atoms with Crippen molar-refractivity contribution in [1.29, 1.82) is 0 Å². The maximum absolute atomic E-state index is 12.1. The third kappa shape index (κ3) is 2.99. The van der Waals surface area contributed by atoms with Gasteiger partial charge in [-0.15, -0.1) is 0 Å². The summed E-state index contributed by atoms with van der Waals surface area (Å²) in [5, 5.41) is 9.06. The van der Waals surface area contributed by atoms with E-state index >= 15 is 0 Å². The summed E-state index contributed by atoms with van der Waals surface area (Å²) < 4.78 is 3.47. The molecule has 2 rings (SSSR count). The van der Waals surface area contributed by atoms with E-state index in [1.54, 1.807) is 27.8 Å². The lowest BCUT2D eigenvalue weighted by Crippen LogP contribution is -1.96. The molecule has 0 aliphatic rings. The SMILES string of the molecule is CCn1cc(C(=O)/C=C/c2nn(CC)cc2Cl)c(C)n1. The molecule has 6 heteroatoms. The molecule has 0 aliphatic heterocycles. The topological polar surface area (TPSA) is 52.7 Å². The third-order valence-electron chi connectivity index (χ3n) is 3.00. The molecule has 0 bridgehead atoms. The van der Waals surface area contributed by atoms with Crippen molar-refractivity contribution in [2.75, 3.05) is 0 Å². The van der Waals surface area contributed by atoms with Gasteiger partial charge in [-0.2, -0.15) is 10.2 Å². The predicted octanol–water partition coefficient (Wildman–Crippen LogP) is 2.98. The number of hydrogen-bond donors (Lipinski definition) is 0. The second-order valence-corrected chi connectivity index (χ2v) is 4.81. The fraction of sp³-hybridized carbons (Fsp3) is 0.357. The lowest BCUT2D eigenvalue weighted by atomic mass is 10.1. The van der Waals surface area contributed by atoms with Crippen LogP contribution in [0.2, 0.25) is 5.02 Å². The number of aryl methyl sites for hydroxylation is 3. The highest BCUT2D eigenvalue weighted by atomic mass is 35.5. The van der Waals surface area contributed by atoms with E-state index in [1.165, 1.54) is 6.08 Å². The molecule has 106 valence electrons. The summed E-state index contributed by atoms with van der Waals surface area (Å²) in [5.41, 5.74) is 1.93. The van der Waals surface area contributed by atoms with Gasteiger partial charge in [-0.05, 0) is 32.9 Å². The maximum atomic E-state index is 12.1. The van der Waals surface area contributed by atoms with Gasteiger partial charge in [-0.25, -0.2) is 0 Å². The minimum Gasteiger partial charge on any atom is -0.289 e. The Morgan fingerprint density at radius 3 is 2.45 bits per heavy atom. The van der Waals surface area contributed by atoms with Crippen molar-refractivity contribution in [2.24, 2.45) is 0 Å². The van der Waals surface area contributed by atoms with Crippen LogP contribution in [0.1, 0.15) is 35.6 Å². The highest BCUT2D eigenvalue weighted by Gasteiger charge is 2.11. The fourth-order valence-electron chi connectivity index (χ4n) is 1.85. The van der Waals surface area contributed by atoms with Gasteiger partial charge >= 0.3 is 0 Å². The quantitative estimate of drug-likeness (QED) is 0.629. The Hall–Kier alpha value is -1.88. The molecular formula is C14H17ClN4O. The van der Waals surface area contributed by atoms with Crippen LogP contribution in [0.15, 0.2) is 18.5 Å². The van der Waals surface area contributed by atoms with Gasteiger partial charge in [-0.3, -0.25) is 14.2 Å². The van der Waals surface area contributed by atoms with Crippen LogP contribution in [0, 0.1) is 6.92 Å². The van der Waals surface area contributed by atoms with Crippen molar-refractivity contribution in [3.05, 3.63) is 40.4 Å². The van der Waals surface area contributed by atoms with E-state index in [1.807, 2.05) is 20.8 Å². The van der Waals surface area contributed by atoms with Crippen LogP contribution in [-0.4, -0.2) is 25.3 Å². The molecule has 0 saturated carbocycles. The van der Waals surface area contributed by atoms with Gasteiger partial charge in [0.2, 0.25) is 0 Å². The van der Waals surface area contributed by atoms with Gasteiger partial charge in [0, 0.05) is 25.5 Å². The van der Waals surface area contributed by atoms with E-state index in [0.29, 0.717) is 16.3 Å². The first-order valence-electron chi connectivity index (χ1n) is 6.54. The molecule has 20 heavy (non-hydrogen) atoms. The first kappa shape index (κ1) is 14.5. The van der Waals surface area contributed by atoms with E-state index in [0.717, 1.165) is 18.8 Å². The number of carbonyl (C=O) groups is 1. The molecule has 0 aliphatic carbocycles. The molecule has 5 nitrogen and oxygen atoms in total. The fourth-order valence-corrected chi connectivity index (χ4v) is 2.07. The molecule has 0 unspecified atom stereocenters. The molecule has 0 spiro atoms. The number of hydrogen-bond acceptors (Lipinski definition) is 3. The molecule has 0 N–H and O–H groups in total. The summed E-state index contributed by atoms with van der Waals surface area (Å²) in [5.74, 6) is -0.0932. The maximum Gasteiger partial charge on any atom is 0.189 e. The second kappa shape index (κ2) is 6.05. The Morgan fingerprint density at radius 1 is 1.25 bits per heavy atom. The standard InChI is InChI=1S/C14H17ClN4O/c1-4-18-8-11(10(3)16-18)14(20)7-6-13-12(15)9-19(5-2)17-13/h6-9H,4-5H2,1-3H3/b7-6+. The van der Waals surface area contributed by atoms with Crippen LogP contribution in [0.5, 0.6) is 0 Å². The van der Waals surface area contributed by atoms with Gasteiger partial charge in [0.05, 0.1) is 16.3 Å². The highest BCUT2D eigenvalue weighted by molar-refractivity contribution is 6.31. The van der Waals surface area contributed by atoms with Crippen molar-refractivity contribution >= 4 is 23.5 Å².